The van der Waals surface area contributed by atoms with Crippen molar-refractivity contribution < 1.29 is 4.39 Å². The number of rotatable bonds is 3. The summed E-state index contributed by atoms with van der Waals surface area (Å²) >= 11 is 0. The Hall–Kier alpha value is -2.50. The summed E-state index contributed by atoms with van der Waals surface area (Å²) in [4.78, 5) is 20.7. The lowest BCUT2D eigenvalue weighted by molar-refractivity contribution is 0.625. The molecule has 3 aromatic rings. The minimum atomic E-state index is -0.532. The SMILES string of the molecule is O=c1c2c(F)cccc2ncn1Cc1cncn1C1CC1. The molecule has 1 fully saturated rings. The first-order valence-electron chi connectivity index (χ1n) is 6.88. The molecular formula is C15H13FN4O. The Morgan fingerprint density at radius 1 is 1.29 bits per heavy atom. The van der Waals surface area contributed by atoms with Crippen LogP contribution in [-0.4, -0.2) is 19.1 Å². The van der Waals surface area contributed by atoms with E-state index >= 15 is 0 Å². The van der Waals surface area contributed by atoms with Crippen molar-refractivity contribution in [1.82, 2.24) is 19.1 Å². The van der Waals surface area contributed by atoms with Crippen LogP contribution >= 0.6 is 0 Å². The van der Waals surface area contributed by atoms with Gasteiger partial charge in [-0.05, 0) is 25.0 Å². The normalized spacial score (nSPS) is 14.7. The van der Waals surface area contributed by atoms with Gasteiger partial charge < -0.3 is 4.57 Å². The van der Waals surface area contributed by atoms with Crippen LogP contribution in [-0.2, 0) is 6.54 Å². The predicted octanol–water partition coefficient (Wildman–Crippen LogP) is 2.12. The molecule has 2 aromatic heterocycles. The molecule has 1 saturated carbocycles. The first kappa shape index (κ1) is 12.3. The van der Waals surface area contributed by atoms with Gasteiger partial charge in [0.2, 0.25) is 0 Å². The predicted molar refractivity (Wildman–Crippen MR) is 75.6 cm³/mol. The van der Waals surface area contributed by atoms with E-state index in [1.54, 1.807) is 24.7 Å². The van der Waals surface area contributed by atoms with Crippen LogP contribution in [0.3, 0.4) is 0 Å². The smallest absolute Gasteiger partial charge is 0.264 e. The highest BCUT2D eigenvalue weighted by atomic mass is 19.1. The molecule has 0 amide bonds. The number of benzene rings is 1. The first-order chi connectivity index (χ1) is 10.2. The Morgan fingerprint density at radius 3 is 2.95 bits per heavy atom. The first-order valence-corrected chi connectivity index (χ1v) is 6.88. The molecule has 106 valence electrons. The van der Waals surface area contributed by atoms with Crippen molar-refractivity contribution in [2.75, 3.05) is 0 Å². The second-order valence-electron chi connectivity index (χ2n) is 5.34. The molecule has 0 saturated heterocycles. The highest BCUT2D eigenvalue weighted by molar-refractivity contribution is 5.77. The summed E-state index contributed by atoms with van der Waals surface area (Å²) in [6.45, 7) is 0.354. The lowest BCUT2D eigenvalue weighted by Crippen LogP contribution is -2.23. The van der Waals surface area contributed by atoms with Gasteiger partial charge in [-0.15, -0.1) is 0 Å². The quantitative estimate of drug-likeness (QED) is 0.740. The van der Waals surface area contributed by atoms with Gasteiger partial charge in [0.15, 0.2) is 0 Å². The summed E-state index contributed by atoms with van der Waals surface area (Å²) in [5.41, 5.74) is 0.964. The fraction of sp³-hybridized carbons (Fsp3) is 0.267. The van der Waals surface area contributed by atoms with Crippen molar-refractivity contribution in [3.8, 4) is 0 Å². The molecule has 0 aliphatic heterocycles. The van der Waals surface area contributed by atoms with E-state index in [1.807, 2.05) is 0 Å². The second-order valence-corrected chi connectivity index (χ2v) is 5.34. The van der Waals surface area contributed by atoms with E-state index in [4.69, 9.17) is 0 Å². The maximum Gasteiger partial charge on any atom is 0.264 e. The third-order valence-corrected chi connectivity index (χ3v) is 3.82. The van der Waals surface area contributed by atoms with E-state index in [0.29, 0.717) is 18.1 Å². The van der Waals surface area contributed by atoms with E-state index < -0.39 is 5.82 Å². The van der Waals surface area contributed by atoms with Crippen molar-refractivity contribution in [2.45, 2.75) is 25.4 Å². The zero-order valence-electron chi connectivity index (χ0n) is 11.2. The number of hydrogen-bond acceptors (Lipinski definition) is 3. The maximum atomic E-state index is 13.9. The van der Waals surface area contributed by atoms with Crippen LogP contribution in [0.2, 0.25) is 0 Å². The van der Waals surface area contributed by atoms with Gasteiger partial charge in [-0.25, -0.2) is 14.4 Å². The summed E-state index contributed by atoms with van der Waals surface area (Å²) in [7, 11) is 0. The van der Waals surface area contributed by atoms with Crippen LogP contribution in [0, 0.1) is 5.82 Å². The summed E-state index contributed by atoms with van der Waals surface area (Å²) in [6.07, 6.45) is 7.28. The summed E-state index contributed by atoms with van der Waals surface area (Å²) in [5.74, 6) is -0.532. The molecule has 5 nitrogen and oxygen atoms in total. The van der Waals surface area contributed by atoms with Gasteiger partial charge in [0.05, 0.1) is 30.4 Å². The summed E-state index contributed by atoms with van der Waals surface area (Å²) < 4.78 is 17.4. The van der Waals surface area contributed by atoms with Gasteiger partial charge >= 0.3 is 0 Å². The largest absolute Gasteiger partial charge is 0.330 e. The zero-order valence-corrected chi connectivity index (χ0v) is 11.2. The molecule has 0 N–H and O–H groups in total. The summed E-state index contributed by atoms with van der Waals surface area (Å²) in [6, 6.07) is 4.96. The molecule has 0 radical (unpaired) electrons. The average Bonchev–Trinajstić information content (AvgIpc) is 3.22. The molecule has 1 aliphatic carbocycles. The van der Waals surface area contributed by atoms with Crippen LogP contribution < -0.4 is 5.56 Å². The molecule has 21 heavy (non-hydrogen) atoms. The lowest BCUT2D eigenvalue weighted by Gasteiger charge is -2.09. The molecule has 1 aliphatic rings. The van der Waals surface area contributed by atoms with Crippen LogP contribution in [0.4, 0.5) is 4.39 Å². The number of halogens is 1. The van der Waals surface area contributed by atoms with Crippen molar-refractivity contribution >= 4 is 10.9 Å². The molecule has 1 aromatic carbocycles. The molecule has 2 heterocycles. The fourth-order valence-electron chi connectivity index (χ4n) is 2.58. The average molecular weight is 284 g/mol. The Morgan fingerprint density at radius 2 is 2.14 bits per heavy atom. The van der Waals surface area contributed by atoms with Gasteiger partial charge in [0.1, 0.15) is 11.2 Å². The number of nitrogens with zero attached hydrogens (tertiary/aromatic N) is 4. The Kier molecular flexibility index (Phi) is 2.63. The van der Waals surface area contributed by atoms with Crippen molar-refractivity contribution in [1.29, 1.82) is 0 Å². The molecule has 0 unspecified atom stereocenters. The molecule has 0 atom stereocenters. The van der Waals surface area contributed by atoms with E-state index in [-0.39, 0.29) is 10.9 Å². The Labute approximate surface area is 119 Å². The van der Waals surface area contributed by atoms with E-state index in [9.17, 15) is 9.18 Å². The van der Waals surface area contributed by atoms with Crippen LogP contribution in [0.1, 0.15) is 24.6 Å². The van der Waals surface area contributed by atoms with E-state index in [2.05, 4.69) is 14.5 Å². The third kappa shape index (κ3) is 2.03. The minimum Gasteiger partial charge on any atom is -0.330 e. The topological polar surface area (TPSA) is 52.7 Å². The van der Waals surface area contributed by atoms with Crippen molar-refractivity contribution in [2.24, 2.45) is 0 Å². The standard InChI is InChI=1S/C15H13FN4O/c16-12-2-1-3-13-14(12)15(21)19(9-18-13)7-11-6-17-8-20(11)10-4-5-10/h1-3,6,8-10H,4-5,7H2. The fourth-order valence-corrected chi connectivity index (χ4v) is 2.58. The van der Waals surface area contributed by atoms with Crippen molar-refractivity contribution in [3.05, 3.63) is 58.9 Å². The highest BCUT2D eigenvalue weighted by Gasteiger charge is 2.25. The molecule has 6 heteroatoms. The van der Waals surface area contributed by atoms with Gasteiger partial charge in [0, 0.05) is 12.2 Å². The van der Waals surface area contributed by atoms with Gasteiger partial charge in [-0.3, -0.25) is 9.36 Å². The highest BCUT2D eigenvalue weighted by Crippen LogP contribution is 2.35. The monoisotopic (exact) mass is 284 g/mol. The lowest BCUT2D eigenvalue weighted by atomic mass is 10.2. The molecular weight excluding hydrogens is 271 g/mol. The van der Waals surface area contributed by atoms with Gasteiger partial charge in [0.25, 0.3) is 5.56 Å². The minimum absolute atomic E-state index is 0.0393. The molecule has 0 spiro atoms. The van der Waals surface area contributed by atoms with Crippen LogP contribution in [0.25, 0.3) is 10.9 Å². The van der Waals surface area contributed by atoms with Gasteiger partial charge in [-0.2, -0.15) is 0 Å². The molecule has 0 bridgehead atoms. The number of imidazole rings is 1. The number of hydrogen-bond donors (Lipinski definition) is 0. The Bertz CT molecular complexity index is 879. The van der Waals surface area contributed by atoms with Crippen molar-refractivity contribution in [3.63, 3.8) is 0 Å². The third-order valence-electron chi connectivity index (χ3n) is 3.82. The number of aromatic nitrogens is 4. The Balaban J connectivity index is 1.80. The van der Waals surface area contributed by atoms with Crippen LogP contribution in [0.5, 0.6) is 0 Å². The molecule has 4 rings (SSSR count). The van der Waals surface area contributed by atoms with Gasteiger partial charge in [-0.1, -0.05) is 6.07 Å². The zero-order chi connectivity index (χ0) is 14.4. The number of fused-ring (bicyclic) bond motifs is 1. The van der Waals surface area contributed by atoms with E-state index in [0.717, 1.165) is 18.5 Å². The van der Waals surface area contributed by atoms with Crippen LogP contribution in [0.15, 0.2) is 41.8 Å². The second kappa shape index (κ2) is 4.51. The van der Waals surface area contributed by atoms with E-state index in [1.165, 1.54) is 17.0 Å². The maximum absolute atomic E-state index is 13.9. The summed E-state index contributed by atoms with van der Waals surface area (Å²) in [5, 5.41) is 0.0393.